The number of hydrogen-bond donors (Lipinski definition) is 1. The molecule has 1 aliphatic rings. The molecule has 0 radical (unpaired) electrons. The summed E-state index contributed by atoms with van der Waals surface area (Å²) in [6, 6.07) is 0. The van der Waals surface area contributed by atoms with E-state index in [1.165, 1.54) is 0 Å². The predicted molar refractivity (Wildman–Crippen MR) is 81.9 cm³/mol. The largest absolute Gasteiger partial charge is 0.498 e. The topological polar surface area (TPSA) is 115 Å². The van der Waals surface area contributed by atoms with Crippen LogP contribution in [0, 0.1) is 5.92 Å². The number of hydrogen-bond acceptors (Lipinski definition) is 7. The van der Waals surface area contributed by atoms with Gasteiger partial charge in [0.25, 0.3) is 19.7 Å². The van der Waals surface area contributed by atoms with Crippen LogP contribution in [0.3, 0.4) is 0 Å². The second kappa shape index (κ2) is 8.34. The highest BCUT2D eigenvalue weighted by Gasteiger charge is 2.63. The van der Waals surface area contributed by atoms with Gasteiger partial charge in [-0.25, -0.2) is 16.8 Å². The lowest BCUT2D eigenvalue weighted by atomic mass is 9.87. The summed E-state index contributed by atoms with van der Waals surface area (Å²) >= 11 is 0. The zero-order valence-electron chi connectivity index (χ0n) is 14.3. The number of ether oxygens (including phenoxy) is 1. The van der Waals surface area contributed by atoms with Crippen molar-refractivity contribution in [1.82, 2.24) is 0 Å². The van der Waals surface area contributed by atoms with Crippen molar-refractivity contribution in [2.24, 2.45) is 5.92 Å². The number of sulfone groups is 2. The van der Waals surface area contributed by atoms with E-state index >= 15 is 0 Å². The Hall–Kier alpha value is -1.09. The van der Waals surface area contributed by atoms with Gasteiger partial charge in [-0.15, -0.1) is 0 Å². The van der Waals surface area contributed by atoms with Gasteiger partial charge in [0.1, 0.15) is 6.10 Å². The van der Waals surface area contributed by atoms with Crippen LogP contribution < -0.4 is 0 Å². The van der Waals surface area contributed by atoms with E-state index in [-0.39, 0.29) is 25.7 Å². The van der Waals surface area contributed by atoms with E-state index in [0.29, 0.717) is 0 Å². The summed E-state index contributed by atoms with van der Waals surface area (Å²) in [6.07, 6.45) is -3.51. The number of aliphatic hydroxyl groups excluding tert-OH is 1. The quantitative estimate of drug-likeness (QED) is 0.473. The molecule has 0 aromatic heterocycles. The third-order valence-electron chi connectivity index (χ3n) is 4.21. The van der Waals surface area contributed by atoms with Crippen LogP contribution in [0.25, 0.3) is 0 Å². The Bertz CT molecular complexity index is 720. The Balaban J connectivity index is 3.06. The fourth-order valence-corrected chi connectivity index (χ4v) is 6.28. The van der Waals surface area contributed by atoms with Crippen molar-refractivity contribution in [3.63, 3.8) is 0 Å². The molecule has 0 aromatic carbocycles. The Labute approximate surface area is 156 Å². The van der Waals surface area contributed by atoms with Crippen LogP contribution >= 0.6 is 0 Å². The molecule has 0 spiro atoms. The molecular weight excluding hydrogens is 446 g/mol. The van der Waals surface area contributed by atoms with Gasteiger partial charge in [-0.3, -0.25) is 4.79 Å². The lowest BCUT2D eigenvalue weighted by Gasteiger charge is -2.27. The molecule has 1 rings (SSSR count). The SMILES string of the molecule is CC(CC(S(=O)(=O)C(F)(F)F)S(=O)(=O)C(F)(F)F)OC(=O)C1CCC(O)CC1. The Kier molecular flexibility index (Phi) is 7.43. The number of rotatable bonds is 6. The fourth-order valence-electron chi connectivity index (χ4n) is 2.64. The molecule has 0 aliphatic heterocycles. The minimum atomic E-state index is -6.77. The summed E-state index contributed by atoms with van der Waals surface area (Å²) in [5, 5.41) is 9.34. The monoisotopic (exact) mass is 464 g/mol. The third-order valence-corrected chi connectivity index (χ3v) is 8.79. The molecule has 1 N–H and O–H groups in total. The van der Waals surface area contributed by atoms with Gasteiger partial charge in [-0.1, -0.05) is 0 Å². The van der Waals surface area contributed by atoms with Crippen LogP contribution in [0.1, 0.15) is 39.0 Å². The molecule has 1 saturated carbocycles. The summed E-state index contributed by atoms with van der Waals surface area (Å²) < 4.78 is 123. The standard InChI is InChI=1S/C13H18F6O7S2/c1-7(26-11(21)8-2-4-9(20)5-3-8)6-10(27(22,23)12(14,15)16)28(24,25)13(17,18)19/h7-10,20H,2-6H2,1H3. The number of esters is 1. The fraction of sp³-hybridized carbons (Fsp3) is 0.923. The summed E-state index contributed by atoms with van der Waals surface area (Å²) in [7, 11) is -13.5. The van der Waals surface area contributed by atoms with Crippen molar-refractivity contribution in [3.05, 3.63) is 0 Å². The lowest BCUT2D eigenvalue weighted by Crippen LogP contribution is -2.46. The molecule has 1 aliphatic carbocycles. The van der Waals surface area contributed by atoms with E-state index in [0.717, 1.165) is 6.92 Å². The number of carbonyl (C=O) groups is 1. The van der Waals surface area contributed by atoms with E-state index in [1.807, 2.05) is 0 Å². The van der Waals surface area contributed by atoms with Crippen LogP contribution in [0.4, 0.5) is 26.3 Å². The zero-order valence-corrected chi connectivity index (χ0v) is 16.0. The number of alkyl halides is 6. The van der Waals surface area contributed by atoms with Gasteiger partial charge < -0.3 is 9.84 Å². The van der Waals surface area contributed by atoms with E-state index in [2.05, 4.69) is 4.74 Å². The van der Waals surface area contributed by atoms with Gasteiger partial charge >= 0.3 is 17.0 Å². The lowest BCUT2D eigenvalue weighted by molar-refractivity contribution is -0.155. The van der Waals surface area contributed by atoms with Crippen molar-refractivity contribution < 1.29 is 57.8 Å². The molecule has 0 amide bonds. The molecule has 166 valence electrons. The highest BCUT2D eigenvalue weighted by Crippen LogP contribution is 2.38. The first-order valence-electron chi connectivity index (χ1n) is 7.90. The van der Waals surface area contributed by atoms with Crippen molar-refractivity contribution in [2.75, 3.05) is 0 Å². The van der Waals surface area contributed by atoms with Gasteiger partial charge in [-0.2, -0.15) is 26.3 Å². The Morgan fingerprint density at radius 3 is 1.71 bits per heavy atom. The normalized spacial score (nSPS) is 23.5. The smallest absolute Gasteiger partial charge is 0.462 e. The van der Waals surface area contributed by atoms with Crippen molar-refractivity contribution in [1.29, 1.82) is 0 Å². The van der Waals surface area contributed by atoms with Crippen molar-refractivity contribution >= 4 is 25.6 Å². The van der Waals surface area contributed by atoms with E-state index in [4.69, 9.17) is 0 Å². The Morgan fingerprint density at radius 2 is 1.36 bits per heavy atom. The summed E-state index contributed by atoms with van der Waals surface area (Å²) in [5.41, 5.74) is -12.5. The van der Waals surface area contributed by atoms with E-state index in [9.17, 15) is 53.1 Å². The first-order valence-corrected chi connectivity index (χ1v) is 11.0. The predicted octanol–water partition coefficient (Wildman–Crippen LogP) is 2.05. The summed E-state index contributed by atoms with van der Waals surface area (Å²) in [6.45, 7) is 0.792. The Morgan fingerprint density at radius 1 is 0.964 bits per heavy atom. The zero-order chi connectivity index (χ0) is 22.1. The average Bonchev–Trinajstić information content (AvgIpc) is 2.50. The minimum absolute atomic E-state index is 0.151. The molecule has 0 saturated heterocycles. The molecule has 15 heteroatoms. The van der Waals surface area contributed by atoms with Gasteiger partial charge in [0.05, 0.1) is 12.0 Å². The summed E-state index contributed by atoms with van der Waals surface area (Å²) in [4.78, 5) is 11.9. The molecule has 0 heterocycles. The van der Waals surface area contributed by atoms with Gasteiger partial charge in [0, 0.05) is 6.42 Å². The molecule has 0 aromatic rings. The van der Waals surface area contributed by atoms with E-state index < -0.39 is 65.8 Å². The van der Waals surface area contributed by atoms with Crippen LogP contribution in [-0.2, 0) is 29.2 Å². The second-order valence-electron chi connectivity index (χ2n) is 6.40. The van der Waals surface area contributed by atoms with Gasteiger partial charge in [0.15, 0.2) is 4.58 Å². The maximum Gasteiger partial charge on any atom is 0.498 e. The molecule has 0 bridgehead atoms. The molecule has 7 nitrogen and oxygen atoms in total. The molecule has 1 fully saturated rings. The molecule has 28 heavy (non-hydrogen) atoms. The highest BCUT2D eigenvalue weighted by molar-refractivity contribution is 8.09. The van der Waals surface area contributed by atoms with Gasteiger partial charge in [-0.05, 0) is 32.6 Å². The van der Waals surface area contributed by atoms with Crippen LogP contribution in [0.5, 0.6) is 0 Å². The first-order chi connectivity index (χ1) is 12.4. The molecule has 1 unspecified atom stereocenters. The average molecular weight is 464 g/mol. The second-order valence-corrected chi connectivity index (χ2v) is 10.9. The minimum Gasteiger partial charge on any atom is -0.462 e. The third kappa shape index (κ3) is 5.49. The van der Waals surface area contributed by atoms with Crippen molar-refractivity contribution in [3.8, 4) is 0 Å². The summed E-state index contributed by atoms with van der Waals surface area (Å²) in [5.74, 6) is -1.81. The maximum absolute atomic E-state index is 12.7. The van der Waals surface area contributed by atoms with Crippen LogP contribution in [0.2, 0.25) is 0 Å². The van der Waals surface area contributed by atoms with Crippen LogP contribution in [-0.4, -0.2) is 55.7 Å². The molecule has 1 atom stereocenters. The van der Waals surface area contributed by atoms with E-state index in [1.54, 1.807) is 0 Å². The number of carbonyl (C=O) groups excluding carboxylic acids is 1. The van der Waals surface area contributed by atoms with Crippen molar-refractivity contribution in [2.45, 2.75) is 66.8 Å². The maximum atomic E-state index is 12.7. The highest BCUT2D eigenvalue weighted by atomic mass is 32.3. The molecular formula is C13H18F6O7S2. The van der Waals surface area contributed by atoms with Crippen LogP contribution in [0.15, 0.2) is 0 Å². The number of halogens is 6. The first kappa shape index (κ1) is 24.9. The number of aliphatic hydroxyl groups is 1. The van der Waals surface area contributed by atoms with Gasteiger partial charge in [0.2, 0.25) is 0 Å².